The van der Waals surface area contributed by atoms with Gasteiger partial charge in [-0.3, -0.25) is 0 Å². The minimum Gasteiger partial charge on any atom is -0.377 e. The molecule has 6 heteroatoms. The van der Waals surface area contributed by atoms with Crippen molar-refractivity contribution in [2.24, 2.45) is 0 Å². The summed E-state index contributed by atoms with van der Waals surface area (Å²) >= 11 is 0. The highest BCUT2D eigenvalue weighted by atomic mass is 19.4. The largest absolute Gasteiger partial charge is 0.417 e. The monoisotopic (exact) mass is 298 g/mol. The topological polar surface area (TPSA) is 36.3 Å². The summed E-state index contributed by atoms with van der Waals surface area (Å²) in [5.41, 5.74) is -0.916. The van der Waals surface area contributed by atoms with Gasteiger partial charge >= 0.3 is 6.18 Å². The predicted octanol–water partition coefficient (Wildman–Crippen LogP) is 3.58. The molecular formula is C15H17F3N2O. The Hall–Kier alpha value is -1.74. The average molecular weight is 298 g/mol. The zero-order valence-corrected chi connectivity index (χ0v) is 12.0. The number of alkyl halides is 3. The number of hydrogen-bond acceptors (Lipinski definition) is 3. The molecule has 1 aromatic rings. The van der Waals surface area contributed by atoms with Gasteiger partial charge in [0.05, 0.1) is 22.8 Å². The smallest absolute Gasteiger partial charge is 0.377 e. The van der Waals surface area contributed by atoms with Crippen molar-refractivity contribution < 1.29 is 17.9 Å². The summed E-state index contributed by atoms with van der Waals surface area (Å²) in [6, 6.07) is 5.35. The standard InChI is InChI=1S/C15H17F3N2O/c1-14(21-2)6-3-7-20(10-14)12-4-5-13(15(16,17)18)11(8-12)9-19/h4-5,8H,3,6-7,10H2,1-2H3. The van der Waals surface area contributed by atoms with Crippen LogP contribution in [0.4, 0.5) is 18.9 Å². The zero-order valence-electron chi connectivity index (χ0n) is 12.0. The fourth-order valence-electron chi connectivity index (χ4n) is 2.66. The summed E-state index contributed by atoms with van der Waals surface area (Å²) < 4.78 is 43.9. The van der Waals surface area contributed by atoms with Gasteiger partial charge in [0.25, 0.3) is 0 Å². The predicted molar refractivity (Wildman–Crippen MR) is 73.0 cm³/mol. The number of ether oxygens (including phenoxy) is 1. The quantitative estimate of drug-likeness (QED) is 0.837. The van der Waals surface area contributed by atoms with E-state index in [9.17, 15) is 13.2 Å². The van der Waals surface area contributed by atoms with Crippen LogP contribution in [0.2, 0.25) is 0 Å². The first-order valence-electron chi connectivity index (χ1n) is 6.70. The minimum atomic E-state index is -4.51. The van der Waals surface area contributed by atoms with Crippen molar-refractivity contribution in [2.75, 3.05) is 25.1 Å². The Morgan fingerprint density at radius 3 is 2.67 bits per heavy atom. The van der Waals surface area contributed by atoms with E-state index < -0.39 is 11.7 Å². The summed E-state index contributed by atoms with van der Waals surface area (Å²) in [4.78, 5) is 1.97. The molecule has 1 heterocycles. The Labute approximate surface area is 121 Å². The van der Waals surface area contributed by atoms with E-state index in [-0.39, 0.29) is 11.2 Å². The summed E-state index contributed by atoms with van der Waals surface area (Å²) in [6.45, 7) is 3.32. The Balaban J connectivity index is 2.32. The number of rotatable bonds is 2. The molecule has 0 bridgehead atoms. The lowest BCUT2D eigenvalue weighted by molar-refractivity contribution is -0.137. The fourth-order valence-corrected chi connectivity index (χ4v) is 2.66. The van der Waals surface area contributed by atoms with E-state index in [4.69, 9.17) is 10.00 Å². The molecule has 3 nitrogen and oxygen atoms in total. The summed E-state index contributed by atoms with van der Waals surface area (Å²) in [5, 5.41) is 8.96. The molecule has 21 heavy (non-hydrogen) atoms. The molecule has 0 spiro atoms. The number of nitrogens with zero attached hydrogens (tertiary/aromatic N) is 2. The summed E-state index contributed by atoms with van der Waals surface area (Å²) in [6.07, 6.45) is -2.70. The minimum absolute atomic E-state index is 0.312. The van der Waals surface area contributed by atoms with Crippen molar-refractivity contribution in [3.8, 4) is 6.07 Å². The van der Waals surface area contributed by atoms with Crippen LogP contribution in [0.5, 0.6) is 0 Å². The molecular weight excluding hydrogens is 281 g/mol. The van der Waals surface area contributed by atoms with E-state index in [0.717, 1.165) is 25.5 Å². The van der Waals surface area contributed by atoms with Crippen LogP contribution in [0.15, 0.2) is 18.2 Å². The van der Waals surface area contributed by atoms with Crippen LogP contribution >= 0.6 is 0 Å². The first-order chi connectivity index (χ1) is 9.79. The van der Waals surface area contributed by atoms with Gasteiger partial charge in [0.1, 0.15) is 0 Å². The first kappa shape index (κ1) is 15.6. The van der Waals surface area contributed by atoms with Crippen molar-refractivity contribution in [1.29, 1.82) is 5.26 Å². The molecule has 1 aliphatic heterocycles. The number of hydrogen-bond donors (Lipinski definition) is 0. The molecule has 1 aliphatic rings. The van der Waals surface area contributed by atoms with Gasteiger partial charge in [0, 0.05) is 25.9 Å². The van der Waals surface area contributed by atoms with Crippen molar-refractivity contribution in [3.63, 3.8) is 0 Å². The van der Waals surface area contributed by atoms with Crippen LogP contribution in [-0.2, 0) is 10.9 Å². The molecule has 1 unspecified atom stereocenters. The van der Waals surface area contributed by atoms with Crippen LogP contribution in [0, 0.1) is 11.3 Å². The molecule has 1 fully saturated rings. The van der Waals surface area contributed by atoms with Crippen LogP contribution in [-0.4, -0.2) is 25.8 Å². The second-order valence-electron chi connectivity index (χ2n) is 5.52. The van der Waals surface area contributed by atoms with E-state index in [1.807, 2.05) is 11.8 Å². The van der Waals surface area contributed by atoms with Crippen molar-refractivity contribution >= 4 is 5.69 Å². The van der Waals surface area contributed by atoms with E-state index in [0.29, 0.717) is 12.2 Å². The number of piperidine rings is 1. The van der Waals surface area contributed by atoms with Gasteiger partial charge in [-0.05, 0) is 38.0 Å². The molecule has 0 N–H and O–H groups in total. The molecule has 2 rings (SSSR count). The van der Waals surface area contributed by atoms with Gasteiger partial charge in [-0.1, -0.05) is 0 Å². The highest BCUT2D eigenvalue weighted by Crippen LogP contribution is 2.35. The molecule has 0 amide bonds. The van der Waals surface area contributed by atoms with Crippen molar-refractivity contribution in [2.45, 2.75) is 31.5 Å². The molecule has 0 aliphatic carbocycles. The normalized spacial score (nSPS) is 23.0. The third kappa shape index (κ3) is 3.30. The van der Waals surface area contributed by atoms with Gasteiger partial charge in [0.2, 0.25) is 0 Å². The molecule has 1 atom stereocenters. The number of methoxy groups -OCH3 is 1. The highest BCUT2D eigenvalue weighted by molar-refractivity contribution is 5.55. The first-order valence-corrected chi connectivity index (χ1v) is 6.70. The van der Waals surface area contributed by atoms with E-state index in [2.05, 4.69) is 0 Å². The van der Waals surface area contributed by atoms with E-state index >= 15 is 0 Å². The maximum atomic E-state index is 12.8. The molecule has 0 saturated carbocycles. The number of benzene rings is 1. The van der Waals surface area contributed by atoms with Crippen LogP contribution in [0.3, 0.4) is 0 Å². The van der Waals surface area contributed by atoms with E-state index in [1.165, 1.54) is 12.1 Å². The lowest BCUT2D eigenvalue weighted by Gasteiger charge is -2.40. The molecule has 1 aromatic carbocycles. The third-order valence-electron chi connectivity index (χ3n) is 3.95. The van der Waals surface area contributed by atoms with Gasteiger partial charge < -0.3 is 9.64 Å². The van der Waals surface area contributed by atoms with Gasteiger partial charge in [-0.2, -0.15) is 18.4 Å². The molecule has 0 aromatic heterocycles. The number of nitriles is 1. The third-order valence-corrected chi connectivity index (χ3v) is 3.95. The number of halogens is 3. The second kappa shape index (κ2) is 5.57. The SMILES string of the molecule is COC1(C)CCCN(c2ccc(C(F)(F)F)c(C#N)c2)C1. The Morgan fingerprint density at radius 2 is 2.10 bits per heavy atom. The average Bonchev–Trinajstić information content (AvgIpc) is 2.45. The van der Waals surface area contributed by atoms with Gasteiger partial charge in [0.15, 0.2) is 0 Å². The van der Waals surface area contributed by atoms with Crippen LogP contribution < -0.4 is 4.90 Å². The molecule has 114 valence electrons. The Morgan fingerprint density at radius 1 is 1.38 bits per heavy atom. The van der Waals surface area contributed by atoms with Crippen LogP contribution in [0.1, 0.15) is 30.9 Å². The van der Waals surface area contributed by atoms with Crippen molar-refractivity contribution in [3.05, 3.63) is 29.3 Å². The molecule has 1 saturated heterocycles. The second-order valence-corrected chi connectivity index (χ2v) is 5.52. The van der Waals surface area contributed by atoms with Crippen molar-refractivity contribution in [1.82, 2.24) is 0 Å². The Kier molecular flexibility index (Phi) is 4.15. The van der Waals surface area contributed by atoms with Gasteiger partial charge in [-0.15, -0.1) is 0 Å². The zero-order chi connectivity index (χ0) is 15.7. The van der Waals surface area contributed by atoms with Crippen LogP contribution in [0.25, 0.3) is 0 Å². The lowest BCUT2D eigenvalue weighted by Crippen LogP contribution is -2.47. The lowest BCUT2D eigenvalue weighted by atomic mass is 9.94. The highest BCUT2D eigenvalue weighted by Gasteiger charge is 2.35. The van der Waals surface area contributed by atoms with Gasteiger partial charge in [-0.25, -0.2) is 0 Å². The maximum absolute atomic E-state index is 12.8. The summed E-state index contributed by atoms with van der Waals surface area (Å²) in [5.74, 6) is 0. The Bertz CT molecular complexity index is 565. The van der Waals surface area contributed by atoms with E-state index in [1.54, 1.807) is 13.2 Å². The fraction of sp³-hybridized carbons (Fsp3) is 0.533. The molecule has 0 radical (unpaired) electrons. The maximum Gasteiger partial charge on any atom is 0.417 e. The summed E-state index contributed by atoms with van der Waals surface area (Å²) in [7, 11) is 1.64. The number of anilines is 1.